The highest BCUT2D eigenvalue weighted by atomic mass is 16.6. The maximum Gasteiger partial charge on any atom is 0.217 e. The molecule has 176 valence electrons. The van der Waals surface area contributed by atoms with Crippen molar-refractivity contribution in [2.75, 3.05) is 25.4 Å². The fraction of sp³-hybridized carbons (Fsp3) is 0.545. The third-order valence-electron chi connectivity index (χ3n) is 5.66. The second-order valence-electron chi connectivity index (χ2n) is 8.64. The van der Waals surface area contributed by atoms with Gasteiger partial charge in [0.2, 0.25) is 5.88 Å². The molecule has 1 aliphatic heterocycles. The number of nitrogens with zero attached hydrogens (tertiary/aromatic N) is 5. The highest BCUT2D eigenvalue weighted by Gasteiger charge is 2.26. The van der Waals surface area contributed by atoms with Gasteiger partial charge in [-0.25, -0.2) is 14.6 Å². The standard InChI is InChI=1S/C22H30N8O3/c1-4-30-15-11-17(32-16(12-23)13-6-9-25-10-7-13)26-14(5-8-22(2,3)31)18(15)27-21(30)19-20(24)29-33-28-19/h11,13,16,25,31H,4,6-7,9-10,12,23H2,1-3H3,(H2,24,29). The Bertz CT molecular complexity index is 1180. The molecule has 1 fully saturated rings. The van der Waals surface area contributed by atoms with Crippen LogP contribution in [0.5, 0.6) is 5.88 Å². The molecular weight excluding hydrogens is 424 g/mol. The van der Waals surface area contributed by atoms with Gasteiger partial charge in [-0.05, 0) is 68.9 Å². The predicted octanol–water partition coefficient (Wildman–Crippen LogP) is 0.912. The quantitative estimate of drug-likeness (QED) is 0.394. The number of nitrogen functional groups attached to an aromatic ring is 1. The Morgan fingerprint density at radius 3 is 2.70 bits per heavy atom. The van der Waals surface area contributed by atoms with Gasteiger partial charge in [-0.1, -0.05) is 5.92 Å². The van der Waals surface area contributed by atoms with Crippen molar-refractivity contribution >= 4 is 16.9 Å². The van der Waals surface area contributed by atoms with Crippen molar-refractivity contribution in [3.05, 3.63) is 11.8 Å². The van der Waals surface area contributed by atoms with Crippen molar-refractivity contribution in [3.63, 3.8) is 0 Å². The number of piperidine rings is 1. The Hall–Kier alpha value is -3.20. The molecule has 1 saturated heterocycles. The number of aryl methyl sites for hydroxylation is 1. The summed E-state index contributed by atoms with van der Waals surface area (Å²) in [6, 6.07) is 1.83. The summed E-state index contributed by atoms with van der Waals surface area (Å²) >= 11 is 0. The van der Waals surface area contributed by atoms with Crippen LogP contribution in [0.4, 0.5) is 5.82 Å². The summed E-state index contributed by atoms with van der Waals surface area (Å²) < 4.78 is 13.0. The lowest BCUT2D eigenvalue weighted by atomic mass is 9.92. The zero-order valence-corrected chi connectivity index (χ0v) is 19.1. The topological polar surface area (TPSA) is 163 Å². The van der Waals surface area contributed by atoms with E-state index in [0.29, 0.717) is 47.6 Å². The van der Waals surface area contributed by atoms with Gasteiger partial charge >= 0.3 is 0 Å². The first-order chi connectivity index (χ1) is 15.8. The van der Waals surface area contributed by atoms with Gasteiger partial charge in [-0.15, -0.1) is 0 Å². The molecule has 1 aliphatic rings. The minimum atomic E-state index is -1.20. The lowest BCUT2D eigenvalue weighted by molar-refractivity contribution is 0.114. The van der Waals surface area contributed by atoms with Crippen LogP contribution in [-0.2, 0) is 6.54 Å². The summed E-state index contributed by atoms with van der Waals surface area (Å²) in [5.74, 6) is 7.16. The molecule has 6 N–H and O–H groups in total. The Morgan fingerprint density at radius 2 is 2.09 bits per heavy atom. The summed E-state index contributed by atoms with van der Waals surface area (Å²) in [6.45, 7) is 8.04. The van der Waals surface area contributed by atoms with Gasteiger partial charge in [-0.3, -0.25) is 0 Å². The van der Waals surface area contributed by atoms with Crippen LogP contribution in [-0.4, -0.2) is 61.3 Å². The van der Waals surface area contributed by atoms with Crippen molar-refractivity contribution in [2.24, 2.45) is 11.7 Å². The second kappa shape index (κ2) is 9.35. The van der Waals surface area contributed by atoms with Gasteiger partial charge in [-0.2, -0.15) is 0 Å². The SMILES string of the molecule is CCn1c(-c2nonc2N)nc2c(C#CC(C)(C)O)nc(OC(CN)C3CCNCC3)cc21. The van der Waals surface area contributed by atoms with Crippen LogP contribution in [0, 0.1) is 17.8 Å². The smallest absolute Gasteiger partial charge is 0.217 e. The van der Waals surface area contributed by atoms with Gasteiger partial charge in [0.25, 0.3) is 0 Å². The number of nitrogens with two attached hydrogens (primary N) is 2. The van der Waals surface area contributed by atoms with Crippen molar-refractivity contribution in [2.45, 2.75) is 51.9 Å². The van der Waals surface area contributed by atoms with Crippen LogP contribution in [0.15, 0.2) is 10.7 Å². The monoisotopic (exact) mass is 454 g/mol. The fourth-order valence-electron chi connectivity index (χ4n) is 4.02. The van der Waals surface area contributed by atoms with Gasteiger partial charge in [0.1, 0.15) is 22.9 Å². The number of ether oxygens (including phenoxy) is 1. The minimum Gasteiger partial charge on any atom is -0.473 e. The largest absolute Gasteiger partial charge is 0.473 e. The lowest BCUT2D eigenvalue weighted by Gasteiger charge is -2.30. The molecular formula is C22H30N8O3. The number of hydrogen-bond donors (Lipinski definition) is 4. The van der Waals surface area contributed by atoms with Crippen LogP contribution < -0.4 is 21.5 Å². The summed E-state index contributed by atoms with van der Waals surface area (Å²) in [7, 11) is 0. The Labute approximate surface area is 191 Å². The first kappa shape index (κ1) is 23.0. The molecule has 0 spiro atoms. The van der Waals surface area contributed by atoms with Crippen LogP contribution in [0.2, 0.25) is 0 Å². The average molecular weight is 455 g/mol. The molecule has 0 radical (unpaired) electrons. The molecule has 4 heterocycles. The van der Waals surface area contributed by atoms with Crippen LogP contribution in [0.1, 0.15) is 39.3 Å². The summed E-state index contributed by atoms with van der Waals surface area (Å²) in [6.07, 6.45) is 1.82. The minimum absolute atomic E-state index is 0.141. The number of aromatic nitrogens is 5. The molecule has 33 heavy (non-hydrogen) atoms. The zero-order valence-electron chi connectivity index (χ0n) is 19.1. The number of aliphatic hydroxyl groups is 1. The molecule has 4 rings (SSSR count). The number of hydrogen-bond acceptors (Lipinski definition) is 10. The van der Waals surface area contributed by atoms with Crippen molar-refractivity contribution in [1.82, 2.24) is 30.2 Å². The molecule has 3 aromatic heterocycles. The van der Waals surface area contributed by atoms with E-state index in [0.717, 1.165) is 31.4 Å². The average Bonchev–Trinajstić information content (AvgIpc) is 3.38. The first-order valence-electron chi connectivity index (χ1n) is 11.1. The number of nitrogens with one attached hydrogen (secondary N) is 1. The molecule has 1 atom stereocenters. The Balaban J connectivity index is 1.84. The summed E-state index contributed by atoms with van der Waals surface area (Å²) in [5.41, 5.74) is 12.8. The number of fused-ring (bicyclic) bond motifs is 1. The number of imidazole rings is 1. The second-order valence-corrected chi connectivity index (χ2v) is 8.64. The van der Waals surface area contributed by atoms with Gasteiger partial charge in [0.15, 0.2) is 17.3 Å². The number of rotatable bonds is 6. The fourth-order valence-corrected chi connectivity index (χ4v) is 4.02. The van der Waals surface area contributed by atoms with Gasteiger partial charge < -0.3 is 31.2 Å². The highest BCUT2D eigenvalue weighted by Crippen LogP contribution is 2.31. The molecule has 0 aromatic carbocycles. The molecule has 3 aromatic rings. The zero-order chi connectivity index (χ0) is 23.6. The van der Waals surface area contributed by atoms with E-state index >= 15 is 0 Å². The van der Waals surface area contributed by atoms with Crippen LogP contribution in [0.25, 0.3) is 22.6 Å². The number of anilines is 1. The summed E-state index contributed by atoms with van der Waals surface area (Å²) in [4.78, 5) is 9.34. The first-order valence-corrected chi connectivity index (χ1v) is 11.1. The highest BCUT2D eigenvalue weighted by molar-refractivity contribution is 5.86. The van der Waals surface area contributed by atoms with E-state index in [2.05, 4.69) is 32.5 Å². The molecule has 0 aliphatic carbocycles. The molecule has 0 saturated carbocycles. The molecule has 1 unspecified atom stereocenters. The number of pyridine rings is 1. The molecule has 0 amide bonds. The molecule has 11 nitrogen and oxygen atoms in total. The normalized spacial score (nSPS) is 15.9. The Morgan fingerprint density at radius 1 is 1.33 bits per heavy atom. The van der Waals surface area contributed by atoms with E-state index in [1.807, 2.05) is 17.6 Å². The van der Waals surface area contributed by atoms with Gasteiger partial charge in [0, 0.05) is 19.2 Å². The van der Waals surface area contributed by atoms with E-state index in [9.17, 15) is 5.11 Å². The van der Waals surface area contributed by atoms with E-state index in [1.165, 1.54) is 0 Å². The van der Waals surface area contributed by atoms with Crippen molar-refractivity contribution in [3.8, 4) is 29.2 Å². The van der Waals surface area contributed by atoms with Crippen molar-refractivity contribution < 1.29 is 14.5 Å². The molecule has 0 bridgehead atoms. The predicted molar refractivity (Wildman–Crippen MR) is 123 cm³/mol. The van der Waals surface area contributed by atoms with Crippen molar-refractivity contribution in [1.29, 1.82) is 0 Å². The molecule has 11 heteroatoms. The third kappa shape index (κ3) is 4.93. The lowest BCUT2D eigenvalue weighted by Crippen LogP contribution is -2.41. The van der Waals surface area contributed by atoms with Crippen LogP contribution in [0.3, 0.4) is 0 Å². The van der Waals surface area contributed by atoms with E-state index in [-0.39, 0.29) is 11.9 Å². The maximum absolute atomic E-state index is 10.1. The maximum atomic E-state index is 10.1. The third-order valence-corrected chi connectivity index (χ3v) is 5.66. The Kier molecular flexibility index (Phi) is 6.51. The van der Waals surface area contributed by atoms with E-state index in [4.69, 9.17) is 25.8 Å². The van der Waals surface area contributed by atoms with Crippen LogP contribution >= 0.6 is 0 Å². The summed E-state index contributed by atoms with van der Waals surface area (Å²) in [5, 5.41) is 21.1. The van der Waals surface area contributed by atoms with Gasteiger partial charge in [0.05, 0.1) is 5.52 Å². The van der Waals surface area contributed by atoms with E-state index in [1.54, 1.807) is 13.8 Å². The van der Waals surface area contributed by atoms with E-state index < -0.39 is 5.60 Å².